The number of aromatic nitrogens is 2. The molecule has 1 unspecified atom stereocenters. The Balaban J connectivity index is 2.32. The molecule has 0 amide bonds. The van der Waals surface area contributed by atoms with Gasteiger partial charge in [-0.05, 0) is 6.92 Å². The number of fused-ring (bicyclic) bond motifs is 1. The second kappa shape index (κ2) is 5.69. The molecule has 1 aromatic rings. The second-order valence-electron chi connectivity index (χ2n) is 4.24. The third kappa shape index (κ3) is 2.72. The summed E-state index contributed by atoms with van der Waals surface area (Å²) in [6.45, 7) is 5.75. The van der Waals surface area contributed by atoms with E-state index in [-0.39, 0.29) is 5.92 Å². The molecule has 0 radical (unpaired) electrons. The SMILES string of the molecule is CCNc1nc(C(C)COC)nc2c1CSC2. The summed E-state index contributed by atoms with van der Waals surface area (Å²) in [5.41, 5.74) is 2.48. The molecule has 4 nitrogen and oxygen atoms in total. The quantitative estimate of drug-likeness (QED) is 0.873. The predicted molar refractivity (Wildman–Crippen MR) is 71.5 cm³/mol. The lowest BCUT2D eigenvalue weighted by Crippen LogP contribution is -2.12. The number of nitrogens with zero attached hydrogens (tertiary/aromatic N) is 2. The number of anilines is 1. The molecule has 2 rings (SSSR count). The van der Waals surface area contributed by atoms with Gasteiger partial charge in [0.05, 0.1) is 12.3 Å². The predicted octanol–water partition coefficient (Wildman–Crippen LogP) is 2.41. The number of hydrogen-bond donors (Lipinski definition) is 1. The Hall–Kier alpha value is -0.810. The normalized spacial score (nSPS) is 15.7. The maximum absolute atomic E-state index is 5.17. The van der Waals surface area contributed by atoms with E-state index in [2.05, 4.69) is 29.1 Å². The van der Waals surface area contributed by atoms with Gasteiger partial charge in [0.25, 0.3) is 0 Å². The van der Waals surface area contributed by atoms with Crippen LogP contribution in [0, 0.1) is 0 Å². The average molecular weight is 253 g/mol. The summed E-state index contributed by atoms with van der Waals surface area (Å²) in [4.78, 5) is 9.30. The van der Waals surface area contributed by atoms with E-state index < -0.39 is 0 Å². The van der Waals surface area contributed by atoms with Crippen LogP contribution in [-0.4, -0.2) is 30.2 Å². The summed E-state index contributed by atoms with van der Waals surface area (Å²) in [6, 6.07) is 0. The Morgan fingerprint density at radius 1 is 1.41 bits per heavy atom. The third-order valence-electron chi connectivity index (χ3n) is 2.80. The standard InChI is InChI=1S/C12H19N3OS/c1-4-13-12-9-6-17-7-10(9)14-11(15-12)8(2)5-16-3/h8H,4-7H2,1-3H3,(H,13,14,15). The molecule has 0 spiro atoms. The third-order valence-corrected chi connectivity index (χ3v) is 3.77. The minimum Gasteiger partial charge on any atom is -0.384 e. The maximum Gasteiger partial charge on any atom is 0.136 e. The fraction of sp³-hybridized carbons (Fsp3) is 0.667. The fourth-order valence-corrected chi connectivity index (χ4v) is 2.97. The van der Waals surface area contributed by atoms with Crippen LogP contribution in [0.2, 0.25) is 0 Å². The molecule has 0 saturated carbocycles. The van der Waals surface area contributed by atoms with Gasteiger partial charge >= 0.3 is 0 Å². The Kier molecular flexibility index (Phi) is 4.23. The van der Waals surface area contributed by atoms with Crippen LogP contribution in [-0.2, 0) is 16.2 Å². The molecule has 5 heteroatoms. The number of thioether (sulfide) groups is 1. The molecule has 0 saturated heterocycles. The number of nitrogens with one attached hydrogen (secondary N) is 1. The van der Waals surface area contributed by atoms with Crippen molar-refractivity contribution in [3.05, 3.63) is 17.1 Å². The monoisotopic (exact) mass is 253 g/mol. The van der Waals surface area contributed by atoms with Crippen LogP contribution in [0.4, 0.5) is 5.82 Å². The van der Waals surface area contributed by atoms with Crippen molar-refractivity contribution in [2.24, 2.45) is 0 Å². The Bertz CT molecular complexity index is 398. The molecule has 94 valence electrons. The van der Waals surface area contributed by atoms with Crippen LogP contribution in [0.1, 0.15) is 36.8 Å². The summed E-state index contributed by atoms with van der Waals surface area (Å²) in [5, 5.41) is 3.34. The molecule has 0 aromatic carbocycles. The van der Waals surface area contributed by atoms with Gasteiger partial charge in [0.2, 0.25) is 0 Å². The van der Waals surface area contributed by atoms with Crippen LogP contribution in [0.5, 0.6) is 0 Å². The largest absolute Gasteiger partial charge is 0.384 e. The molecule has 1 atom stereocenters. The molecule has 0 fully saturated rings. The first-order valence-electron chi connectivity index (χ1n) is 5.96. The zero-order chi connectivity index (χ0) is 12.3. The van der Waals surface area contributed by atoms with E-state index in [0.717, 1.165) is 29.7 Å². The highest BCUT2D eigenvalue weighted by Crippen LogP contribution is 2.33. The van der Waals surface area contributed by atoms with Crippen LogP contribution in [0.15, 0.2) is 0 Å². The van der Waals surface area contributed by atoms with Gasteiger partial charge < -0.3 is 10.1 Å². The van der Waals surface area contributed by atoms with Gasteiger partial charge in [-0.2, -0.15) is 11.8 Å². The van der Waals surface area contributed by atoms with E-state index in [1.165, 1.54) is 11.3 Å². The smallest absolute Gasteiger partial charge is 0.136 e. The fourth-order valence-electron chi connectivity index (χ4n) is 1.93. The number of ether oxygens (including phenoxy) is 1. The van der Waals surface area contributed by atoms with Gasteiger partial charge in [0.15, 0.2) is 0 Å². The molecule has 1 aromatic heterocycles. The summed E-state index contributed by atoms with van der Waals surface area (Å²) >= 11 is 1.90. The van der Waals surface area contributed by atoms with E-state index in [4.69, 9.17) is 4.74 Å². The lowest BCUT2D eigenvalue weighted by Gasteiger charge is -2.14. The summed E-state index contributed by atoms with van der Waals surface area (Å²) in [6.07, 6.45) is 0. The Morgan fingerprint density at radius 2 is 2.24 bits per heavy atom. The van der Waals surface area contributed by atoms with Crippen LogP contribution in [0.3, 0.4) is 0 Å². The molecule has 17 heavy (non-hydrogen) atoms. The molecule has 1 N–H and O–H groups in total. The zero-order valence-electron chi connectivity index (χ0n) is 10.6. The average Bonchev–Trinajstić information content (AvgIpc) is 2.78. The number of hydrogen-bond acceptors (Lipinski definition) is 5. The summed E-state index contributed by atoms with van der Waals surface area (Å²) in [7, 11) is 1.71. The van der Waals surface area contributed by atoms with Gasteiger partial charge in [0.1, 0.15) is 11.6 Å². The number of methoxy groups -OCH3 is 1. The highest BCUT2D eigenvalue weighted by atomic mass is 32.2. The van der Waals surface area contributed by atoms with Gasteiger partial charge in [-0.3, -0.25) is 0 Å². The van der Waals surface area contributed by atoms with Crippen molar-refractivity contribution in [1.29, 1.82) is 0 Å². The van der Waals surface area contributed by atoms with Crippen molar-refractivity contribution in [2.45, 2.75) is 31.3 Å². The van der Waals surface area contributed by atoms with Gasteiger partial charge in [-0.1, -0.05) is 6.92 Å². The Morgan fingerprint density at radius 3 is 2.94 bits per heavy atom. The van der Waals surface area contributed by atoms with Crippen molar-refractivity contribution in [3.8, 4) is 0 Å². The van der Waals surface area contributed by atoms with E-state index in [9.17, 15) is 0 Å². The highest BCUT2D eigenvalue weighted by molar-refractivity contribution is 7.98. The molecule has 0 bridgehead atoms. The summed E-state index contributed by atoms with van der Waals surface area (Å²) < 4.78 is 5.17. The highest BCUT2D eigenvalue weighted by Gasteiger charge is 2.21. The van der Waals surface area contributed by atoms with Crippen molar-refractivity contribution in [3.63, 3.8) is 0 Å². The van der Waals surface area contributed by atoms with Crippen molar-refractivity contribution in [2.75, 3.05) is 25.6 Å². The molecule has 1 aliphatic heterocycles. The lowest BCUT2D eigenvalue weighted by atomic mass is 10.1. The van der Waals surface area contributed by atoms with Crippen LogP contribution in [0.25, 0.3) is 0 Å². The van der Waals surface area contributed by atoms with Crippen LogP contribution >= 0.6 is 11.8 Å². The first-order valence-corrected chi connectivity index (χ1v) is 7.12. The summed E-state index contributed by atoms with van der Waals surface area (Å²) in [5.74, 6) is 4.18. The molecular weight excluding hydrogens is 234 g/mol. The van der Waals surface area contributed by atoms with Gasteiger partial charge in [0, 0.05) is 36.6 Å². The Labute approximate surface area is 107 Å². The maximum atomic E-state index is 5.17. The van der Waals surface area contributed by atoms with E-state index in [1.54, 1.807) is 7.11 Å². The molecule has 0 aliphatic carbocycles. The molecule has 1 aliphatic rings. The number of rotatable bonds is 5. The minimum atomic E-state index is 0.244. The molecular formula is C12H19N3OS. The zero-order valence-corrected chi connectivity index (χ0v) is 11.4. The lowest BCUT2D eigenvalue weighted by molar-refractivity contribution is 0.181. The van der Waals surface area contributed by atoms with Crippen molar-refractivity contribution < 1.29 is 4.74 Å². The van der Waals surface area contributed by atoms with Crippen molar-refractivity contribution in [1.82, 2.24) is 9.97 Å². The minimum absolute atomic E-state index is 0.244. The first kappa shape index (κ1) is 12.6. The van der Waals surface area contributed by atoms with Gasteiger partial charge in [-0.25, -0.2) is 9.97 Å². The van der Waals surface area contributed by atoms with Crippen molar-refractivity contribution >= 4 is 17.6 Å². The van der Waals surface area contributed by atoms with E-state index in [1.807, 2.05) is 11.8 Å². The van der Waals surface area contributed by atoms with Crippen LogP contribution < -0.4 is 5.32 Å². The van der Waals surface area contributed by atoms with E-state index in [0.29, 0.717) is 6.61 Å². The topological polar surface area (TPSA) is 47.0 Å². The van der Waals surface area contributed by atoms with Gasteiger partial charge in [-0.15, -0.1) is 0 Å². The first-order chi connectivity index (χ1) is 8.26. The molecule has 2 heterocycles. The second-order valence-corrected chi connectivity index (χ2v) is 5.22. The van der Waals surface area contributed by atoms with E-state index >= 15 is 0 Å².